The van der Waals surface area contributed by atoms with E-state index in [0.717, 1.165) is 11.4 Å². The maximum Gasteiger partial charge on any atom is 0.142 e. The van der Waals surface area contributed by atoms with E-state index in [0.29, 0.717) is 6.04 Å². The fraction of sp³-hybridized carbons (Fsp3) is 0.286. The van der Waals surface area contributed by atoms with Gasteiger partial charge in [-0.15, -0.1) is 11.3 Å². The molecule has 0 radical (unpaired) electrons. The minimum absolute atomic E-state index is 0.298. The summed E-state index contributed by atoms with van der Waals surface area (Å²) >= 11 is 1.76. The third kappa shape index (κ3) is 2.80. The zero-order chi connectivity index (χ0) is 12.3. The van der Waals surface area contributed by atoms with Gasteiger partial charge in [-0.3, -0.25) is 0 Å². The quantitative estimate of drug-likeness (QED) is 0.872. The summed E-state index contributed by atoms with van der Waals surface area (Å²) in [5, 5.41) is 5.57. The van der Waals surface area contributed by atoms with Crippen LogP contribution in [0.4, 0.5) is 5.69 Å². The van der Waals surface area contributed by atoms with Crippen LogP contribution in [0.1, 0.15) is 23.4 Å². The van der Waals surface area contributed by atoms with Crippen LogP contribution in [-0.4, -0.2) is 7.11 Å². The molecule has 2 rings (SSSR count). The maximum absolute atomic E-state index is 5.39. The average molecular weight is 247 g/mol. The summed E-state index contributed by atoms with van der Waals surface area (Å²) in [7, 11) is 1.70. The Hall–Kier alpha value is -1.48. The number of methoxy groups -OCH3 is 1. The number of anilines is 1. The summed E-state index contributed by atoms with van der Waals surface area (Å²) in [6.07, 6.45) is 0. The number of thiophene rings is 1. The predicted octanol–water partition coefficient (Wildman–Crippen LogP) is 4.24. The van der Waals surface area contributed by atoms with E-state index in [-0.39, 0.29) is 0 Å². The summed E-state index contributed by atoms with van der Waals surface area (Å²) in [4.78, 5) is 1.33. The van der Waals surface area contributed by atoms with Gasteiger partial charge in [0.25, 0.3) is 0 Å². The van der Waals surface area contributed by atoms with E-state index in [1.54, 1.807) is 18.4 Å². The molecule has 2 nitrogen and oxygen atoms in total. The third-order valence-corrected chi connectivity index (χ3v) is 3.75. The summed E-state index contributed by atoms with van der Waals surface area (Å²) < 4.78 is 5.39. The highest BCUT2D eigenvalue weighted by Gasteiger charge is 2.09. The lowest BCUT2D eigenvalue weighted by atomic mass is 10.2. The van der Waals surface area contributed by atoms with E-state index in [9.17, 15) is 0 Å². The molecule has 2 aromatic rings. The SMILES string of the molecule is COc1cc(C)ccc1NC(C)c1cccs1. The van der Waals surface area contributed by atoms with Crippen molar-refractivity contribution < 1.29 is 4.74 Å². The molecule has 1 heterocycles. The molecule has 0 aliphatic rings. The van der Waals surface area contributed by atoms with Crippen LogP contribution in [0, 0.1) is 6.92 Å². The molecule has 0 fully saturated rings. The molecule has 1 N–H and O–H groups in total. The van der Waals surface area contributed by atoms with Crippen LogP contribution >= 0.6 is 11.3 Å². The highest BCUT2D eigenvalue weighted by molar-refractivity contribution is 7.10. The molecule has 17 heavy (non-hydrogen) atoms. The molecule has 1 unspecified atom stereocenters. The molecule has 0 amide bonds. The van der Waals surface area contributed by atoms with Crippen molar-refractivity contribution in [2.24, 2.45) is 0 Å². The van der Waals surface area contributed by atoms with Gasteiger partial charge in [0.2, 0.25) is 0 Å². The van der Waals surface area contributed by atoms with Gasteiger partial charge in [-0.05, 0) is 43.0 Å². The normalized spacial score (nSPS) is 12.2. The molecule has 0 spiro atoms. The van der Waals surface area contributed by atoms with Crippen molar-refractivity contribution in [2.75, 3.05) is 12.4 Å². The summed E-state index contributed by atoms with van der Waals surface area (Å²) in [6, 6.07) is 10.7. The maximum atomic E-state index is 5.39. The fourth-order valence-electron chi connectivity index (χ4n) is 1.76. The van der Waals surface area contributed by atoms with Crippen LogP contribution in [0.5, 0.6) is 5.75 Å². The number of hydrogen-bond acceptors (Lipinski definition) is 3. The molecule has 0 aliphatic carbocycles. The van der Waals surface area contributed by atoms with Crippen molar-refractivity contribution in [3.8, 4) is 5.75 Å². The average Bonchev–Trinajstić information content (AvgIpc) is 2.85. The standard InChI is InChI=1S/C14H17NOS/c1-10-6-7-12(13(9-10)16-3)15-11(2)14-5-4-8-17-14/h4-9,11,15H,1-3H3. The van der Waals surface area contributed by atoms with Crippen molar-refractivity contribution in [2.45, 2.75) is 19.9 Å². The highest BCUT2D eigenvalue weighted by atomic mass is 32.1. The second kappa shape index (κ2) is 5.23. The molecular weight excluding hydrogens is 230 g/mol. The molecular formula is C14H17NOS. The minimum atomic E-state index is 0.298. The van der Waals surface area contributed by atoms with Crippen molar-refractivity contribution in [1.82, 2.24) is 0 Å². The Morgan fingerprint density at radius 1 is 1.29 bits per heavy atom. The second-order valence-electron chi connectivity index (χ2n) is 4.09. The molecule has 0 aliphatic heterocycles. The van der Waals surface area contributed by atoms with Gasteiger partial charge in [-0.1, -0.05) is 12.1 Å². The van der Waals surface area contributed by atoms with Gasteiger partial charge >= 0.3 is 0 Å². The number of hydrogen-bond donors (Lipinski definition) is 1. The van der Waals surface area contributed by atoms with E-state index < -0.39 is 0 Å². The van der Waals surface area contributed by atoms with E-state index in [4.69, 9.17) is 4.74 Å². The van der Waals surface area contributed by atoms with Crippen LogP contribution in [0.2, 0.25) is 0 Å². The van der Waals surface area contributed by atoms with E-state index >= 15 is 0 Å². The van der Waals surface area contributed by atoms with Crippen LogP contribution in [0.15, 0.2) is 35.7 Å². The van der Waals surface area contributed by atoms with Gasteiger partial charge in [0.1, 0.15) is 5.75 Å². The third-order valence-electron chi connectivity index (χ3n) is 2.70. The fourth-order valence-corrected chi connectivity index (χ4v) is 2.49. The van der Waals surface area contributed by atoms with Gasteiger partial charge in [0, 0.05) is 4.88 Å². The Labute approximate surface area is 106 Å². The van der Waals surface area contributed by atoms with Crippen LogP contribution in [0.25, 0.3) is 0 Å². The van der Waals surface area contributed by atoms with E-state index in [2.05, 4.69) is 48.8 Å². The lowest BCUT2D eigenvalue weighted by Gasteiger charge is -2.16. The molecule has 0 bridgehead atoms. The van der Waals surface area contributed by atoms with E-state index in [1.807, 2.05) is 6.07 Å². The lowest BCUT2D eigenvalue weighted by molar-refractivity contribution is 0.416. The van der Waals surface area contributed by atoms with Crippen molar-refractivity contribution in [1.29, 1.82) is 0 Å². The van der Waals surface area contributed by atoms with Crippen LogP contribution in [0.3, 0.4) is 0 Å². The summed E-state index contributed by atoms with van der Waals surface area (Å²) in [6.45, 7) is 4.22. The second-order valence-corrected chi connectivity index (χ2v) is 5.06. The van der Waals surface area contributed by atoms with E-state index in [1.165, 1.54) is 10.4 Å². The summed E-state index contributed by atoms with van der Waals surface area (Å²) in [5.74, 6) is 0.897. The van der Waals surface area contributed by atoms with Crippen LogP contribution in [-0.2, 0) is 0 Å². The van der Waals surface area contributed by atoms with Crippen molar-refractivity contribution >= 4 is 17.0 Å². The smallest absolute Gasteiger partial charge is 0.142 e. The number of nitrogens with one attached hydrogen (secondary N) is 1. The first-order valence-corrected chi connectivity index (χ1v) is 6.53. The van der Waals surface area contributed by atoms with Crippen molar-refractivity contribution in [3.05, 3.63) is 46.2 Å². The Morgan fingerprint density at radius 2 is 2.12 bits per heavy atom. The first-order chi connectivity index (χ1) is 8.20. The molecule has 0 saturated carbocycles. The monoisotopic (exact) mass is 247 g/mol. The predicted molar refractivity (Wildman–Crippen MR) is 74.1 cm³/mol. The van der Waals surface area contributed by atoms with Crippen LogP contribution < -0.4 is 10.1 Å². The van der Waals surface area contributed by atoms with Gasteiger partial charge in [0.15, 0.2) is 0 Å². The lowest BCUT2D eigenvalue weighted by Crippen LogP contribution is -2.06. The van der Waals surface area contributed by atoms with Gasteiger partial charge in [0.05, 0.1) is 18.8 Å². The molecule has 0 saturated heterocycles. The number of ether oxygens (including phenoxy) is 1. The number of aryl methyl sites for hydroxylation is 1. The molecule has 1 aromatic heterocycles. The van der Waals surface area contributed by atoms with Gasteiger partial charge < -0.3 is 10.1 Å². The first-order valence-electron chi connectivity index (χ1n) is 5.65. The summed E-state index contributed by atoms with van der Waals surface area (Å²) in [5.41, 5.74) is 2.25. The Balaban J connectivity index is 2.18. The molecule has 3 heteroatoms. The van der Waals surface area contributed by atoms with Crippen molar-refractivity contribution in [3.63, 3.8) is 0 Å². The molecule has 90 valence electrons. The highest BCUT2D eigenvalue weighted by Crippen LogP contribution is 2.30. The number of rotatable bonds is 4. The van der Waals surface area contributed by atoms with Gasteiger partial charge in [-0.2, -0.15) is 0 Å². The number of benzene rings is 1. The zero-order valence-electron chi connectivity index (χ0n) is 10.4. The molecule has 1 atom stereocenters. The molecule has 1 aromatic carbocycles. The Bertz CT molecular complexity index is 479. The Kier molecular flexibility index (Phi) is 3.69. The minimum Gasteiger partial charge on any atom is -0.495 e. The van der Waals surface area contributed by atoms with Gasteiger partial charge in [-0.25, -0.2) is 0 Å². The largest absolute Gasteiger partial charge is 0.495 e. The zero-order valence-corrected chi connectivity index (χ0v) is 11.2. The Morgan fingerprint density at radius 3 is 2.76 bits per heavy atom. The first kappa shape index (κ1) is 12.0. The topological polar surface area (TPSA) is 21.3 Å².